The molecule has 0 amide bonds. The quantitative estimate of drug-likeness (QED) is 0.690. The van der Waals surface area contributed by atoms with Crippen LogP contribution in [0.25, 0.3) is 0 Å². The van der Waals surface area contributed by atoms with E-state index in [2.05, 4.69) is 56.1 Å². The molecular formula is C11H12Br2. The number of alkyl halides is 2. The first-order valence-electron chi connectivity index (χ1n) is 4.62. The zero-order valence-electron chi connectivity index (χ0n) is 7.34. The lowest BCUT2D eigenvalue weighted by atomic mass is 9.85. The molecule has 1 unspecified atom stereocenters. The summed E-state index contributed by atoms with van der Waals surface area (Å²) in [5.41, 5.74) is 3.07. The maximum atomic E-state index is 3.60. The number of benzene rings is 1. The molecule has 0 spiro atoms. The van der Waals surface area contributed by atoms with Crippen LogP contribution in [0.15, 0.2) is 24.3 Å². The minimum Gasteiger partial charge on any atom is -0.0762 e. The summed E-state index contributed by atoms with van der Waals surface area (Å²) in [5, 5.41) is 0. The molecule has 13 heavy (non-hydrogen) atoms. The van der Waals surface area contributed by atoms with Gasteiger partial charge >= 0.3 is 0 Å². The van der Waals surface area contributed by atoms with Crippen molar-refractivity contribution in [1.82, 2.24) is 0 Å². The van der Waals surface area contributed by atoms with Crippen molar-refractivity contribution in [1.29, 1.82) is 0 Å². The lowest BCUT2D eigenvalue weighted by molar-refractivity contribution is 0.500. The van der Waals surface area contributed by atoms with E-state index in [9.17, 15) is 0 Å². The number of hydrogen-bond acceptors (Lipinski definition) is 0. The van der Waals surface area contributed by atoms with Crippen LogP contribution >= 0.6 is 31.9 Å². The molecule has 0 radical (unpaired) electrons. The first kappa shape index (κ1) is 9.72. The van der Waals surface area contributed by atoms with Gasteiger partial charge < -0.3 is 0 Å². The van der Waals surface area contributed by atoms with E-state index in [-0.39, 0.29) is 0 Å². The summed E-state index contributed by atoms with van der Waals surface area (Å²) in [4.78, 5) is 0. The second-order valence-electron chi connectivity index (χ2n) is 3.61. The molecule has 0 bridgehead atoms. The van der Waals surface area contributed by atoms with Crippen LogP contribution in [0.2, 0.25) is 0 Å². The Morgan fingerprint density at radius 3 is 2.54 bits per heavy atom. The maximum Gasteiger partial charge on any atom is 0.0729 e. The molecule has 0 aliphatic heterocycles. The smallest absolute Gasteiger partial charge is 0.0729 e. The Hall–Kier alpha value is 0.180. The summed E-state index contributed by atoms with van der Waals surface area (Å²) < 4.78 is 0.466. The van der Waals surface area contributed by atoms with Gasteiger partial charge in [0.1, 0.15) is 0 Å². The van der Waals surface area contributed by atoms with Crippen molar-refractivity contribution in [2.24, 2.45) is 5.92 Å². The monoisotopic (exact) mass is 302 g/mol. The fourth-order valence-electron chi connectivity index (χ4n) is 1.94. The molecule has 1 aliphatic rings. The van der Waals surface area contributed by atoms with Gasteiger partial charge in [-0.3, -0.25) is 0 Å². The maximum absolute atomic E-state index is 3.60. The Morgan fingerprint density at radius 1 is 1.15 bits per heavy atom. The van der Waals surface area contributed by atoms with Gasteiger partial charge in [-0.15, -0.1) is 0 Å². The van der Waals surface area contributed by atoms with Gasteiger partial charge in [-0.25, -0.2) is 0 Å². The van der Waals surface area contributed by atoms with Crippen molar-refractivity contribution in [3.63, 3.8) is 0 Å². The largest absolute Gasteiger partial charge is 0.0762 e. The highest BCUT2D eigenvalue weighted by Gasteiger charge is 2.22. The van der Waals surface area contributed by atoms with E-state index in [0.29, 0.717) is 3.74 Å². The Morgan fingerprint density at radius 2 is 1.85 bits per heavy atom. The Kier molecular flexibility index (Phi) is 3.10. The number of hydrogen-bond donors (Lipinski definition) is 0. The summed E-state index contributed by atoms with van der Waals surface area (Å²) in [5.74, 6) is 0.745. The molecule has 2 heteroatoms. The molecule has 1 aliphatic carbocycles. The Balaban J connectivity index is 2.20. The van der Waals surface area contributed by atoms with E-state index in [1.165, 1.54) is 24.8 Å². The first-order chi connectivity index (χ1) is 6.27. The van der Waals surface area contributed by atoms with Crippen molar-refractivity contribution in [3.05, 3.63) is 35.4 Å². The summed E-state index contributed by atoms with van der Waals surface area (Å²) in [6.45, 7) is 0. The van der Waals surface area contributed by atoms with Gasteiger partial charge in [0.05, 0.1) is 3.74 Å². The zero-order valence-corrected chi connectivity index (χ0v) is 10.5. The van der Waals surface area contributed by atoms with Crippen LogP contribution in [0.3, 0.4) is 0 Å². The molecule has 0 fully saturated rings. The van der Waals surface area contributed by atoms with Gasteiger partial charge in [0.25, 0.3) is 0 Å². The molecule has 1 atom stereocenters. The fourth-order valence-corrected chi connectivity index (χ4v) is 2.84. The molecule has 0 nitrogen and oxygen atoms in total. The number of rotatable bonds is 1. The van der Waals surface area contributed by atoms with Gasteiger partial charge in [-0.1, -0.05) is 56.1 Å². The van der Waals surface area contributed by atoms with E-state index in [0.717, 1.165) is 5.92 Å². The predicted molar refractivity (Wildman–Crippen MR) is 63.6 cm³/mol. The molecule has 2 rings (SSSR count). The van der Waals surface area contributed by atoms with E-state index >= 15 is 0 Å². The summed E-state index contributed by atoms with van der Waals surface area (Å²) in [6.07, 6.45) is 3.73. The first-order valence-corrected chi connectivity index (χ1v) is 6.45. The molecule has 0 aromatic heterocycles. The number of fused-ring (bicyclic) bond motifs is 1. The van der Waals surface area contributed by atoms with Crippen LogP contribution < -0.4 is 0 Å². The van der Waals surface area contributed by atoms with Crippen molar-refractivity contribution in [2.75, 3.05) is 0 Å². The van der Waals surface area contributed by atoms with Crippen LogP contribution in [0.5, 0.6) is 0 Å². The molecule has 0 N–H and O–H groups in total. The minimum atomic E-state index is 0.466. The van der Waals surface area contributed by atoms with Crippen LogP contribution in [-0.2, 0) is 12.8 Å². The topological polar surface area (TPSA) is 0 Å². The van der Waals surface area contributed by atoms with E-state index in [4.69, 9.17) is 0 Å². The van der Waals surface area contributed by atoms with E-state index in [1.54, 1.807) is 5.56 Å². The third kappa shape index (κ3) is 2.16. The summed E-state index contributed by atoms with van der Waals surface area (Å²) >= 11 is 7.21. The highest BCUT2D eigenvalue weighted by atomic mass is 79.9. The normalized spacial score (nSPS) is 21.6. The second kappa shape index (κ2) is 4.14. The average Bonchev–Trinajstić information content (AvgIpc) is 2.17. The third-order valence-corrected chi connectivity index (χ3v) is 4.24. The minimum absolute atomic E-state index is 0.466. The standard InChI is InChI=1S/C11H12Br2/c12-11(13)10-6-5-8-3-1-2-4-9(8)7-10/h1-4,10-11H,5-7H2. The Labute approximate surface area is 96.0 Å². The van der Waals surface area contributed by atoms with Gasteiger partial charge in [-0.2, -0.15) is 0 Å². The fraction of sp³-hybridized carbons (Fsp3) is 0.455. The van der Waals surface area contributed by atoms with Gasteiger partial charge in [0.2, 0.25) is 0 Å². The van der Waals surface area contributed by atoms with Crippen molar-refractivity contribution >= 4 is 31.9 Å². The predicted octanol–water partition coefficient (Wildman–Crippen LogP) is 3.91. The van der Waals surface area contributed by atoms with Gasteiger partial charge in [-0.05, 0) is 36.3 Å². The summed E-state index contributed by atoms with van der Waals surface area (Å²) in [7, 11) is 0. The molecular weight excluding hydrogens is 292 g/mol. The van der Waals surface area contributed by atoms with Crippen molar-refractivity contribution in [2.45, 2.75) is 23.0 Å². The second-order valence-corrected chi connectivity index (χ2v) is 6.81. The van der Waals surface area contributed by atoms with Gasteiger partial charge in [0, 0.05) is 0 Å². The van der Waals surface area contributed by atoms with Crippen LogP contribution in [-0.4, -0.2) is 3.74 Å². The number of aryl methyl sites for hydroxylation is 1. The lowest BCUT2D eigenvalue weighted by Gasteiger charge is -2.25. The molecule has 1 aromatic carbocycles. The highest BCUT2D eigenvalue weighted by Crippen LogP contribution is 2.32. The van der Waals surface area contributed by atoms with Crippen molar-refractivity contribution < 1.29 is 0 Å². The molecule has 0 heterocycles. The van der Waals surface area contributed by atoms with E-state index in [1.807, 2.05) is 0 Å². The zero-order chi connectivity index (χ0) is 9.26. The SMILES string of the molecule is BrC(Br)C1CCc2ccccc2C1. The average molecular weight is 304 g/mol. The summed E-state index contributed by atoms with van der Waals surface area (Å²) in [6, 6.07) is 8.78. The molecule has 0 saturated heterocycles. The molecule has 1 aromatic rings. The van der Waals surface area contributed by atoms with E-state index < -0.39 is 0 Å². The Bertz CT molecular complexity index is 294. The van der Waals surface area contributed by atoms with Crippen LogP contribution in [0.1, 0.15) is 17.5 Å². The number of halogens is 2. The third-order valence-electron chi connectivity index (χ3n) is 2.74. The van der Waals surface area contributed by atoms with Crippen LogP contribution in [0.4, 0.5) is 0 Å². The highest BCUT2D eigenvalue weighted by molar-refractivity contribution is 9.24. The lowest BCUT2D eigenvalue weighted by Crippen LogP contribution is -2.18. The van der Waals surface area contributed by atoms with Gasteiger partial charge in [0.15, 0.2) is 0 Å². The molecule has 0 saturated carbocycles. The van der Waals surface area contributed by atoms with Crippen molar-refractivity contribution in [3.8, 4) is 0 Å². The molecule has 70 valence electrons. The van der Waals surface area contributed by atoms with Crippen LogP contribution in [0, 0.1) is 5.92 Å².